The van der Waals surface area contributed by atoms with Crippen LogP contribution in [0.3, 0.4) is 0 Å². The Hall–Kier alpha value is -1.86. The Balaban J connectivity index is 1.60. The lowest BCUT2D eigenvalue weighted by Gasteiger charge is -2.22. The Kier molecular flexibility index (Phi) is 4.91. The van der Waals surface area contributed by atoms with Gasteiger partial charge in [0, 0.05) is 43.3 Å². The van der Waals surface area contributed by atoms with Crippen molar-refractivity contribution in [2.24, 2.45) is 0 Å². The van der Waals surface area contributed by atoms with Crippen LogP contribution in [-0.2, 0) is 0 Å². The monoisotopic (exact) mass is 338 g/mol. The van der Waals surface area contributed by atoms with E-state index in [9.17, 15) is 13.2 Å². The molecule has 1 aromatic heterocycles. The summed E-state index contributed by atoms with van der Waals surface area (Å²) >= 11 is 0. The molecule has 2 aromatic rings. The van der Waals surface area contributed by atoms with Crippen LogP contribution in [0.4, 0.5) is 13.2 Å². The molecule has 0 unspecified atom stereocenters. The maximum Gasteiger partial charge on any atom is 0.401 e. The van der Waals surface area contributed by atoms with Crippen molar-refractivity contribution in [3.63, 3.8) is 0 Å². The number of nitrogens with zero attached hydrogens (tertiary/aromatic N) is 3. The molecule has 3 rings (SSSR count). The summed E-state index contributed by atoms with van der Waals surface area (Å²) in [6, 6.07) is 8.23. The first-order valence-electron chi connectivity index (χ1n) is 8.04. The molecule has 2 heterocycles. The van der Waals surface area contributed by atoms with Crippen molar-refractivity contribution in [3.05, 3.63) is 48.5 Å². The number of aromatic nitrogens is 2. The zero-order chi connectivity index (χ0) is 17.2. The zero-order valence-corrected chi connectivity index (χ0v) is 13.5. The van der Waals surface area contributed by atoms with Crippen LogP contribution in [0.1, 0.15) is 24.9 Å². The smallest absolute Gasteiger partial charge is 0.306 e. The van der Waals surface area contributed by atoms with Crippen LogP contribution in [0, 0.1) is 0 Å². The van der Waals surface area contributed by atoms with Gasteiger partial charge < -0.3 is 9.88 Å². The molecule has 1 N–H and O–H groups in total. The highest BCUT2D eigenvalue weighted by molar-refractivity contribution is 5.37. The second-order valence-corrected chi connectivity index (χ2v) is 6.29. The van der Waals surface area contributed by atoms with Crippen LogP contribution in [0.25, 0.3) is 5.69 Å². The first-order chi connectivity index (χ1) is 11.4. The zero-order valence-electron chi connectivity index (χ0n) is 13.5. The number of hydrogen-bond donors (Lipinski definition) is 1. The molecule has 1 saturated heterocycles. The first kappa shape index (κ1) is 17.0. The third-order valence-electron chi connectivity index (χ3n) is 4.33. The van der Waals surface area contributed by atoms with Gasteiger partial charge in [0.15, 0.2) is 0 Å². The Bertz CT molecular complexity index is 654. The van der Waals surface area contributed by atoms with E-state index in [1.807, 2.05) is 35.9 Å². The molecule has 130 valence electrons. The number of alkyl halides is 3. The summed E-state index contributed by atoms with van der Waals surface area (Å²) in [4.78, 5) is 5.51. The molecule has 1 aromatic carbocycles. The summed E-state index contributed by atoms with van der Waals surface area (Å²) in [5, 5.41) is 3.45. The summed E-state index contributed by atoms with van der Waals surface area (Å²) < 4.78 is 39.3. The molecule has 0 radical (unpaired) electrons. The minimum atomic E-state index is -4.13. The summed E-state index contributed by atoms with van der Waals surface area (Å²) in [5.74, 6) is 0. The second-order valence-electron chi connectivity index (χ2n) is 6.29. The predicted octanol–water partition coefficient (Wildman–Crippen LogP) is 3.16. The molecule has 0 spiro atoms. The van der Waals surface area contributed by atoms with Gasteiger partial charge in [-0.05, 0) is 31.0 Å². The van der Waals surface area contributed by atoms with Crippen molar-refractivity contribution >= 4 is 0 Å². The van der Waals surface area contributed by atoms with E-state index in [4.69, 9.17) is 0 Å². The van der Waals surface area contributed by atoms with Crippen LogP contribution >= 0.6 is 0 Å². The third-order valence-corrected chi connectivity index (χ3v) is 4.33. The van der Waals surface area contributed by atoms with Gasteiger partial charge in [-0.15, -0.1) is 0 Å². The number of likely N-dealkylation sites (tertiary alicyclic amines) is 1. The summed E-state index contributed by atoms with van der Waals surface area (Å²) in [5.41, 5.74) is 2.12. The van der Waals surface area contributed by atoms with E-state index in [1.165, 1.54) is 4.90 Å². The molecule has 0 amide bonds. The number of benzene rings is 1. The number of rotatable bonds is 5. The van der Waals surface area contributed by atoms with Gasteiger partial charge in [0.25, 0.3) is 0 Å². The minimum Gasteiger partial charge on any atom is -0.306 e. The van der Waals surface area contributed by atoms with Crippen molar-refractivity contribution in [1.82, 2.24) is 19.8 Å². The largest absolute Gasteiger partial charge is 0.401 e. The highest BCUT2D eigenvalue weighted by atomic mass is 19.4. The van der Waals surface area contributed by atoms with Gasteiger partial charge in [-0.1, -0.05) is 12.1 Å². The fourth-order valence-corrected chi connectivity index (χ4v) is 3.18. The van der Waals surface area contributed by atoms with Crippen LogP contribution < -0.4 is 5.32 Å². The highest BCUT2D eigenvalue weighted by Gasteiger charge is 2.34. The van der Waals surface area contributed by atoms with E-state index < -0.39 is 12.7 Å². The molecule has 2 atom stereocenters. The summed E-state index contributed by atoms with van der Waals surface area (Å²) in [7, 11) is 0. The Morgan fingerprint density at radius 2 is 2.21 bits per heavy atom. The SMILES string of the molecule is C[C@@H](N[C@H]1CCN(CC(F)(F)F)C1)c1cccc(-n2ccnc2)c1. The number of imidazole rings is 1. The molecule has 4 nitrogen and oxygen atoms in total. The third kappa shape index (κ3) is 4.36. The summed E-state index contributed by atoms with van der Waals surface area (Å²) in [6.07, 6.45) is 1.95. The van der Waals surface area contributed by atoms with Gasteiger partial charge >= 0.3 is 6.18 Å². The predicted molar refractivity (Wildman–Crippen MR) is 86.0 cm³/mol. The van der Waals surface area contributed by atoms with Crippen molar-refractivity contribution < 1.29 is 13.2 Å². The lowest BCUT2D eigenvalue weighted by Crippen LogP contribution is -2.37. The van der Waals surface area contributed by atoms with E-state index in [2.05, 4.69) is 16.4 Å². The van der Waals surface area contributed by atoms with Gasteiger partial charge in [-0.25, -0.2) is 4.98 Å². The highest BCUT2D eigenvalue weighted by Crippen LogP contribution is 2.22. The van der Waals surface area contributed by atoms with Crippen LogP contribution in [-0.4, -0.2) is 46.3 Å². The van der Waals surface area contributed by atoms with Crippen molar-refractivity contribution in [2.75, 3.05) is 19.6 Å². The molecular weight excluding hydrogens is 317 g/mol. The molecule has 7 heteroatoms. The Morgan fingerprint density at radius 1 is 1.38 bits per heavy atom. The van der Waals surface area contributed by atoms with E-state index in [0.717, 1.165) is 17.7 Å². The lowest BCUT2D eigenvalue weighted by atomic mass is 10.1. The molecule has 0 aliphatic carbocycles. The maximum atomic E-state index is 12.5. The quantitative estimate of drug-likeness (QED) is 0.909. The molecule has 24 heavy (non-hydrogen) atoms. The Morgan fingerprint density at radius 3 is 2.92 bits per heavy atom. The molecule has 0 saturated carbocycles. The van der Waals surface area contributed by atoms with Gasteiger partial charge in [0.1, 0.15) is 0 Å². The van der Waals surface area contributed by atoms with Gasteiger partial charge in [-0.2, -0.15) is 13.2 Å². The van der Waals surface area contributed by atoms with Gasteiger partial charge in [0.05, 0.1) is 12.9 Å². The van der Waals surface area contributed by atoms with Crippen LogP contribution in [0.5, 0.6) is 0 Å². The molecular formula is C17H21F3N4. The van der Waals surface area contributed by atoms with Gasteiger partial charge in [0.2, 0.25) is 0 Å². The number of nitrogens with one attached hydrogen (secondary N) is 1. The van der Waals surface area contributed by atoms with Gasteiger partial charge in [-0.3, -0.25) is 4.90 Å². The standard InChI is InChI=1S/C17H21F3N4/c1-13(22-15-5-7-23(10-15)11-17(18,19)20)14-3-2-4-16(9-14)24-8-6-21-12-24/h2-4,6,8-9,12-13,15,22H,5,7,10-11H2,1H3/t13-,15+/m1/s1. The minimum absolute atomic E-state index is 0.0734. The fourth-order valence-electron chi connectivity index (χ4n) is 3.18. The first-order valence-corrected chi connectivity index (χ1v) is 8.04. The molecule has 1 aliphatic heterocycles. The maximum absolute atomic E-state index is 12.5. The van der Waals surface area contributed by atoms with Crippen molar-refractivity contribution in [2.45, 2.75) is 31.6 Å². The number of halogens is 3. The Labute approximate surface area is 139 Å². The topological polar surface area (TPSA) is 33.1 Å². The molecule has 1 aliphatic rings. The normalized spacial score (nSPS) is 20.4. The average molecular weight is 338 g/mol. The van der Waals surface area contributed by atoms with E-state index in [1.54, 1.807) is 12.5 Å². The second kappa shape index (κ2) is 6.94. The number of hydrogen-bond acceptors (Lipinski definition) is 3. The van der Waals surface area contributed by atoms with Crippen molar-refractivity contribution in [1.29, 1.82) is 0 Å². The summed E-state index contributed by atoms with van der Waals surface area (Å²) in [6.45, 7) is 2.14. The molecule has 0 bridgehead atoms. The molecule has 1 fully saturated rings. The van der Waals surface area contributed by atoms with Crippen molar-refractivity contribution in [3.8, 4) is 5.69 Å². The van der Waals surface area contributed by atoms with E-state index in [0.29, 0.717) is 13.1 Å². The van der Waals surface area contributed by atoms with E-state index in [-0.39, 0.29) is 12.1 Å². The van der Waals surface area contributed by atoms with Crippen LogP contribution in [0.15, 0.2) is 43.0 Å². The van der Waals surface area contributed by atoms with Crippen LogP contribution in [0.2, 0.25) is 0 Å². The average Bonchev–Trinajstić information content (AvgIpc) is 3.18. The lowest BCUT2D eigenvalue weighted by molar-refractivity contribution is -0.143. The fraction of sp³-hybridized carbons (Fsp3) is 0.471. The van der Waals surface area contributed by atoms with E-state index >= 15 is 0 Å².